The van der Waals surface area contributed by atoms with Gasteiger partial charge in [0.05, 0.1) is 39.6 Å². The van der Waals surface area contributed by atoms with Gasteiger partial charge in [0.2, 0.25) is 5.91 Å². The molecule has 1 N–H and O–H groups in total. The van der Waals surface area contributed by atoms with Gasteiger partial charge < -0.3 is 24.2 Å². The first-order valence-corrected chi connectivity index (χ1v) is 10.4. The Balaban J connectivity index is 1.81. The molecule has 0 fully saturated rings. The number of aliphatic hydroxyl groups excluding tert-OH is 1. The third kappa shape index (κ3) is 9.79. The van der Waals surface area contributed by atoms with E-state index < -0.39 is 6.10 Å². The van der Waals surface area contributed by atoms with Crippen molar-refractivity contribution in [2.24, 2.45) is 5.92 Å². The zero-order valence-electron chi connectivity index (χ0n) is 18.6. The number of ether oxygens (including phenoxy) is 3. The zero-order valence-corrected chi connectivity index (χ0v) is 18.6. The second-order valence-corrected chi connectivity index (χ2v) is 7.57. The van der Waals surface area contributed by atoms with Crippen LogP contribution >= 0.6 is 0 Å². The second kappa shape index (κ2) is 13.6. The molecule has 2 aromatic carbocycles. The van der Waals surface area contributed by atoms with Crippen LogP contribution in [0.2, 0.25) is 0 Å². The van der Waals surface area contributed by atoms with Gasteiger partial charge in [-0.1, -0.05) is 54.6 Å². The van der Waals surface area contributed by atoms with Crippen LogP contribution < -0.4 is 4.74 Å². The average Bonchev–Trinajstić information content (AvgIpc) is 2.78. The molecule has 0 bridgehead atoms. The molecule has 0 saturated carbocycles. The molecule has 0 spiro atoms. The van der Waals surface area contributed by atoms with Crippen LogP contribution in [0.3, 0.4) is 0 Å². The minimum atomic E-state index is -0.760. The number of nitrogens with zero attached hydrogens (tertiary/aromatic N) is 1. The zero-order chi connectivity index (χ0) is 22.5. The summed E-state index contributed by atoms with van der Waals surface area (Å²) in [5, 5.41) is 10.2. The number of methoxy groups -OCH3 is 1. The highest BCUT2D eigenvalue weighted by Crippen LogP contribution is 2.13. The highest BCUT2D eigenvalue weighted by atomic mass is 16.5. The molecule has 0 aromatic heterocycles. The van der Waals surface area contributed by atoms with Crippen molar-refractivity contribution in [1.82, 2.24) is 4.90 Å². The van der Waals surface area contributed by atoms with Crippen LogP contribution in [0, 0.1) is 5.92 Å². The summed E-state index contributed by atoms with van der Waals surface area (Å²) in [6.07, 6.45) is 3.07. The van der Waals surface area contributed by atoms with Gasteiger partial charge in [0.25, 0.3) is 0 Å². The van der Waals surface area contributed by atoms with E-state index in [1.807, 2.05) is 60.7 Å². The molecule has 6 nitrogen and oxygen atoms in total. The Morgan fingerprint density at radius 1 is 0.935 bits per heavy atom. The number of rotatable bonds is 13. The maximum absolute atomic E-state index is 12.1. The molecule has 6 heteroatoms. The monoisotopic (exact) mass is 427 g/mol. The van der Waals surface area contributed by atoms with Crippen molar-refractivity contribution in [3.05, 3.63) is 77.9 Å². The number of benzene rings is 2. The fourth-order valence-corrected chi connectivity index (χ4v) is 2.85. The number of aliphatic hydroxyl groups is 1. The highest BCUT2D eigenvalue weighted by molar-refractivity contribution is 5.76. The molecule has 0 saturated heterocycles. The van der Waals surface area contributed by atoms with Crippen molar-refractivity contribution in [2.75, 3.05) is 34.4 Å². The molecule has 1 amide bonds. The lowest BCUT2D eigenvalue weighted by molar-refractivity contribution is -0.129. The number of hydrogen-bond donors (Lipinski definition) is 1. The molecule has 2 rings (SSSR count). The third-order valence-corrected chi connectivity index (χ3v) is 4.70. The smallest absolute Gasteiger partial charge is 0.222 e. The minimum Gasteiger partial charge on any atom is -0.497 e. The van der Waals surface area contributed by atoms with Gasteiger partial charge in [0.1, 0.15) is 5.75 Å². The predicted octanol–water partition coefficient (Wildman–Crippen LogP) is 3.44. The summed E-state index contributed by atoms with van der Waals surface area (Å²) in [5.41, 5.74) is 2.08. The lowest BCUT2D eigenvalue weighted by Crippen LogP contribution is -2.25. The van der Waals surface area contributed by atoms with E-state index in [2.05, 4.69) is 0 Å². The summed E-state index contributed by atoms with van der Waals surface area (Å²) < 4.78 is 16.5. The van der Waals surface area contributed by atoms with Crippen LogP contribution in [0.5, 0.6) is 5.75 Å². The molecule has 0 radical (unpaired) electrons. The van der Waals surface area contributed by atoms with Gasteiger partial charge in [-0.05, 0) is 23.3 Å². The molecule has 0 unspecified atom stereocenters. The highest BCUT2D eigenvalue weighted by Gasteiger charge is 2.14. The van der Waals surface area contributed by atoms with Crippen molar-refractivity contribution >= 4 is 5.91 Å². The summed E-state index contributed by atoms with van der Waals surface area (Å²) in [4.78, 5) is 13.7. The average molecular weight is 428 g/mol. The first-order chi connectivity index (χ1) is 15.0. The fourth-order valence-electron chi connectivity index (χ4n) is 2.85. The maximum atomic E-state index is 12.1. The number of amides is 1. The van der Waals surface area contributed by atoms with Crippen molar-refractivity contribution in [3.8, 4) is 5.75 Å². The SMILES string of the molecule is COc1ccc(COC[C@H](O)/C=C/[C@H](COCc2ccccc2)CC(=O)N(C)C)cc1. The maximum Gasteiger partial charge on any atom is 0.222 e. The Bertz CT molecular complexity index is 789. The third-order valence-electron chi connectivity index (χ3n) is 4.70. The van der Waals surface area contributed by atoms with Gasteiger partial charge >= 0.3 is 0 Å². The Morgan fingerprint density at radius 2 is 1.55 bits per heavy atom. The Hall–Kier alpha value is -2.67. The van der Waals surface area contributed by atoms with Crippen LogP contribution in [-0.2, 0) is 27.5 Å². The molecular formula is C25H33NO5. The van der Waals surface area contributed by atoms with Crippen molar-refractivity contribution in [3.63, 3.8) is 0 Å². The molecule has 0 aliphatic heterocycles. The van der Waals surface area contributed by atoms with Gasteiger partial charge in [0.15, 0.2) is 0 Å². The molecule has 2 aromatic rings. The Morgan fingerprint density at radius 3 is 2.16 bits per heavy atom. The van der Waals surface area contributed by atoms with E-state index in [9.17, 15) is 9.90 Å². The summed E-state index contributed by atoms with van der Waals surface area (Å²) in [6.45, 7) is 1.44. The van der Waals surface area contributed by atoms with Gasteiger partial charge in [-0.15, -0.1) is 0 Å². The van der Waals surface area contributed by atoms with E-state index in [-0.39, 0.29) is 18.4 Å². The molecule has 0 aliphatic carbocycles. The topological polar surface area (TPSA) is 68.2 Å². The molecule has 168 valence electrons. The summed E-state index contributed by atoms with van der Waals surface area (Å²) in [6, 6.07) is 17.5. The summed E-state index contributed by atoms with van der Waals surface area (Å²) in [5.74, 6) is 0.678. The van der Waals surface area contributed by atoms with Crippen LogP contribution in [-0.4, -0.2) is 56.4 Å². The predicted molar refractivity (Wildman–Crippen MR) is 121 cm³/mol. The largest absolute Gasteiger partial charge is 0.497 e. The van der Waals surface area contributed by atoms with Crippen LogP contribution in [0.25, 0.3) is 0 Å². The van der Waals surface area contributed by atoms with Crippen LogP contribution in [0.4, 0.5) is 0 Å². The van der Waals surface area contributed by atoms with E-state index in [1.165, 1.54) is 0 Å². The van der Waals surface area contributed by atoms with E-state index in [0.717, 1.165) is 16.9 Å². The normalized spacial score (nSPS) is 13.2. The van der Waals surface area contributed by atoms with Gasteiger partial charge in [-0.2, -0.15) is 0 Å². The fraction of sp³-hybridized carbons (Fsp3) is 0.400. The Labute approximate surface area is 185 Å². The lowest BCUT2D eigenvalue weighted by atomic mass is 10.0. The minimum absolute atomic E-state index is 0.0169. The molecule has 0 aliphatic rings. The number of carbonyl (C=O) groups excluding carboxylic acids is 1. The van der Waals surface area contributed by atoms with Gasteiger partial charge in [0, 0.05) is 26.4 Å². The standard InChI is InChI=1S/C25H33NO5/c1-26(2)25(28)15-22(18-30-16-20-7-5-4-6-8-20)9-12-23(27)19-31-17-21-10-13-24(29-3)14-11-21/h4-14,22-23,27H,15-19H2,1-3H3/b12-9+/t22-,23+/m0/s1. The van der Waals surface area contributed by atoms with E-state index in [4.69, 9.17) is 14.2 Å². The van der Waals surface area contributed by atoms with Crippen LogP contribution in [0.1, 0.15) is 17.5 Å². The molecule has 31 heavy (non-hydrogen) atoms. The summed E-state index contributed by atoms with van der Waals surface area (Å²) in [7, 11) is 5.09. The van der Waals surface area contributed by atoms with E-state index in [1.54, 1.807) is 32.2 Å². The van der Waals surface area contributed by atoms with Gasteiger partial charge in [-0.3, -0.25) is 4.79 Å². The van der Waals surface area contributed by atoms with Crippen molar-refractivity contribution in [1.29, 1.82) is 0 Å². The van der Waals surface area contributed by atoms with Crippen molar-refractivity contribution < 1.29 is 24.1 Å². The number of carbonyl (C=O) groups is 1. The second-order valence-electron chi connectivity index (χ2n) is 7.57. The Kier molecular flexibility index (Phi) is 10.8. The van der Waals surface area contributed by atoms with Crippen LogP contribution in [0.15, 0.2) is 66.7 Å². The lowest BCUT2D eigenvalue weighted by Gasteiger charge is -2.17. The van der Waals surface area contributed by atoms with E-state index in [0.29, 0.717) is 26.2 Å². The van der Waals surface area contributed by atoms with E-state index >= 15 is 0 Å². The molecule has 2 atom stereocenters. The first kappa shape index (κ1) is 24.6. The molecular weight excluding hydrogens is 394 g/mol. The summed E-state index contributed by atoms with van der Waals surface area (Å²) >= 11 is 0. The quantitative estimate of drug-likeness (QED) is 0.496. The molecule has 0 heterocycles. The first-order valence-electron chi connectivity index (χ1n) is 10.4. The number of hydrogen-bond acceptors (Lipinski definition) is 5. The van der Waals surface area contributed by atoms with Crippen molar-refractivity contribution in [2.45, 2.75) is 25.7 Å². The van der Waals surface area contributed by atoms with Gasteiger partial charge in [-0.25, -0.2) is 0 Å².